The Kier molecular flexibility index (Phi) is 6.37. The van der Waals surface area contributed by atoms with Gasteiger partial charge in [-0.3, -0.25) is 0 Å². The summed E-state index contributed by atoms with van der Waals surface area (Å²) in [6.45, 7) is 2.12. The van der Waals surface area contributed by atoms with E-state index in [1.165, 1.54) is 25.7 Å². The topological polar surface area (TPSA) is 35.5 Å². The second-order valence-electron chi connectivity index (χ2n) is 5.46. The van der Waals surface area contributed by atoms with Gasteiger partial charge in [-0.05, 0) is 49.4 Å². The van der Waals surface area contributed by atoms with Crippen molar-refractivity contribution in [1.29, 1.82) is 0 Å². The summed E-state index contributed by atoms with van der Waals surface area (Å²) >= 11 is 6.14. The molecule has 0 bridgehead atoms. The van der Waals surface area contributed by atoms with Crippen LogP contribution in [0.2, 0.25) is 5.02 Å². The second kappa shape index (κ2) is 8.28. The molecule has 0 aromatic heterocycles. The maximum absolute atomic E-state index is 11.5. The molecule has 0 radical (unpaired) electrons. The van der Waals surface area contributed by atoms with Crippen molar-refractivity contribution in [3.05, 3.63) is 28.8 Å². The van der Waals surface area contributed by atoms with Gasteiger partial charge in [-0.1, -0.05) is 37.3 Å². The first-order chi connectivity index (χ1) is 10.2. The minimum Gasteiger partial charge on any atom is -0.482 e. The van der Waals surface area contributed by atoms with Gasteiger partial charge in [0.2, 0.25) is 0 Å². The molecule has 0 aliphatic heterocycles. The first-order valence-corrected chi connectivity index (χ1v) is 8.16. The Morgan fingerprint density at radius 1 is 1.24 bits per heavy atom. The Morgan fingerprint density at radius 3 is 2.62 bits per heavy atom. The lowest BCUT2D eigenvalue weighted by Gasteiger charge is -2.19. The summed E-state index contributed by atoms with van der Waals surface area (Å²) in [5.41, 5.74) is 1.13. The lowest BCUT2D eigenvalue weighted by Crippen LogP contribution is -2.15. The third-order valence-electron chi connectivity index (χ3n) is 3.92. The van der Waals surface area contributed by atoms with E-state index in [1.54, 1.807) is 6.92 Å². The normalized spacial score (nSPS) is 16.3. The maximum atomic E-state index is 11.5. The van der Waals surface area contributed by atoms with Crippen LogP contribution in [0.5, 0.6) is 5.75 Å². The summed E-state index contributed by atoms with van der Waals surface area (Å²) < 4.78 is 10.6. The molecule has 3 nitrogen and oxygen atoms in total. The van der Waals surface area contributed by atoms with E-state index in [0.717, 1.165) is 29.2 Å². The van der Waals surface area contributed by atoms with Gasteiger partial charge in [-0.25, -0.2) is 4.79 Å². The van der Waals surface area contributed by atoms with Gasteiger partial charge in [0.15, 0.2) is 6.61 Å². The molecular weight excluding hydrogens is 288 g/mol. The number of halogens is 1. The molecule has 0 heterocycles. The van der Waals surface area contributed by atoms with Crippen molar-refractivity contribution in [2.45, 2.75) is 51.4 Å². The molecule has 0 unspecified atom stereocenters. The van der Waals surface area contributed by atoms with E-state index in [2.05, 4.69) is 0 Å². The molecule has 0 amide bonds. The molecule has 0 saturated heterocycles. The van der Waals surface area contributed by atoms with E-state index in [0.29, 0.717) is 12.5 Å². The van der Waals surface area contributed by atoms with Crippen LogP contribution in [-0.4, -0.2) is 19.2 Å². The van der Waals surface area contributed by atoms with Crippen LogP contribution >= 0.6 is 11.6 Å². The van der Waals surface area contributed by atoms with Crippen LogP contribution in [0.1, 0.15) is 56.9 Å². The largest absolute Gasteiger partial charge is 0.482 e. The first kappa shape index (κ1) is 16.2. The van der Waals surface area contributed by atoms with Crippen molar-refractivity contribution in [3.63, 3.8) is 0 Å². The molecule has 0 spiro atoms. The number of ether oxygens (including phenoxy) is 2. The van der Waals surface area contributed by atoms with Crippen molar-refractivity contribution in [2.75, 3.05) is 13.2 Å². The standard InChI is InChI=1S/C17H23ClO3/c1-2-20-17(19)12-21-16-10-9-14(18)11-15(16)13-7-5-3-4-6-8-13/h9-11,13H,2-8,12H2,1H3. The first-order valence-electron chi connectivity index (χ1n) is 7.78. The monoisotopic (exact) mass is 310 g/mol. The average Bonchev–Trinajstić information content (AvgIpc) is 2.75. The van der Waals surface area contributed by atoms with E-state index < -0.39 is 0 Å². The highest BCUT2D eigenvalue weighted by atomic mass is 35.5. The zero-order valence-corrected chi connectivity index (χ0v) is 13.3. The zero-order valence-electron chi connectivity index (χ0n) is 12.6. The Labute approximate surface area is 131 Å². The smallest absolute Gasteiger partial charge is 0.344 e. The third kappa shape index (κ3) is 4.92. The molecule has 116 valence electrons. The third-order valence-corrected chi connectivity index (χ3v) is 4.15. The van der Waals surface area contributed by atoms with Crippen LogP contribution in [0.4, 0.5) is 0 Å². The molecule has 2 rings (SSSR count). The van der Waals surface area contributed by atoms with Gasteiger partial charge >= 0.3 is 5.97 Å². The number of carbonyl (C=O) groups is 1. The van der Waals surface area contributed by atoms with Crippen LogP contribution in [0.3, 0.4) is 0 Å². The van der Waals surface area contributed by atoms with E-state index in [-0.39, 0.29) is 12.6 Å². The molecule has 1 saturated carbocycles. The Hall–Kier alpha value is -1.22. The molecule has 1 aromatic rings. The van der Waals surface area contributed by atoms with E-state index >= 15 is 0 Å². The quantitative estimate of drug-likeness (QED) is 0.583. The molecule has 0 N–H and O–H groups in total. The number of rotatable bonds is 5. The average molecular weight is 311 g/mol. The van der Waals surface area contributed by atoms with Gasteiger partial charge in [-0.2, -0.15) is 0 Å². The summed E-state index contributed by atoms with van der Waals surface area (Å²) in [7, 11) is 0. The van der Waals surface area contributed by atoms with Gasteiger partial charge in [0.1, 0.15) is 5.75 Å². The SMILES string of the molecule is CCOC(=O)COc1ccc(Cl)cc1C1CCCCCC1. The Bertz CT molecular complexity index is 465. The van der Waals surface area contributed by atoms with Gasteiger partial charge in [0, 0.05) is 5.02 Å². The molecule has 1 fully saturated rings. The number of hydrogen-bond donors (Lipinski definition) is 0. The summed E-state index contributed by atoms with van der Waals surface area (Å²) in [6.07, 6.45) is 7.42. The fraction of sp³-hybridized carbons (Fsp3) is 0.588. The highest BCUT2D eigenvalue weighted by Gasteiger charge is 2.19. The maximum Gasteiger partial charge on any atom is 0.344 e. The summed E-state index contributed by atoms with van der Waals surface area (Å²) in [5, 5.41) is 0.720. The molecule has 0 atom stereocenters. The number of benzene rings is 1. The van der Waals surface area contributed by atoms with Crippen molar-refractivity contribution in [2.24, 2.45) is 0 Å². The number of carbonyl (C=O) groups excluding carboxylic acids is 1. The lowest BCUT2D eigenvalue weighted by molar-refractivity contribution is -0.145. The van der Waals surface area contributed by atoms with E-state index in [9.17, 15) is 4.79 Å². The minimum atomic E-state index is -0.334. The predicted molar refractivity (Wildman–Crippen MR) is 84.0 cm³/mol. The summed E-state index contributed by atoms with van der Waals surface area (Å²) in [5.74, 6) is 0.905. The molecule has 1 aliphatic carbocycles. The lowest BCUT2D eigenvalue weighted by atomic mass is 9.91. The van der Waals surface area contributed by atoms with Crippen LogP contribution in [-0.2, 0) is 9.53 Å². The Morgan fingerprint density at radius 2 is 1.95 bits per heavy atom. The highest BCUT2D eigenvalue weighted by molar-refractivity contribution is 6.30. The predicted octanol–water partition coefficient (Wildman–Crippen LogP) is 4.72. The molecule has 1 aromatic carbocycles. The number of hydrogen-bond acceptors (Lipinski definition) is 3. The van der Waals surface area contributed by atoms with Crippen molar-refractivity contribution in [1.82, 2.24) is 0 Å². The van der Waals surface area contributed by atoms with Gasteiger partial charge in [-0.15, -0.1) is 0 Å². The van der Waals surface area contributed by atoms with Crippen molar-refractivity contribution >= 4 is 17.6 Å². The fourth-order valence-electron chi connectivity index (χ4n) is 2.90. The van der Waals surface area contributed by atoms with Crippen molar-refractivity contribution in [3.8, 4) is 5.75 Å². The Balaban J connectivity index is 2.10. The molecule has 21 heavy (non-hydrogen) atoms. The highest BCUT2D eigenvalue weighted by Crippen LogP contribution is 2.38. The van der Waals surface area contributed by atoms with Crippen LogP contribution in [0, 0.1) is 0 Å². The molecule has 4 heteroatoms. The van der Waals surface area contributed by atoms with Crippen LogP contribution < -0.4 is 4.74 Å². The summed E-state index contributed by atoms with van der Waals surface area (Å²) in [6, 6.07) is 5.65. The van der Waals surface area contributed by atoms with Crippen LogP contribution in [0.25, 0.3) is 0 Å². The van der Waals surface area contributed by atoms with Gasteiger partial charge < -0.3 is 9.47 Å². The zero-order chi connectivity index (χ0) is 15.1. The van der Waals surface area contributed by atoms with E-state index in [4.69, 9.17) is 21.1 Å². The van der Waals surface area contributed by atoms with Crippen LogP contribution in [0.15, 0.2) is 18.2 Å². The summed E-state index contributed by atoms with van der Waals surface area (Å²) in [4.78, 5) is 11.5. The van der Waals surface area contributed by atoms with Gasteiger partial charge in [0.25, 0.3) is 0 Å². The van der Waals surface area contributed by atoms with Crippen molar-refractivity contribution < 1.29 is 14.3 Å². The van der Waals surface area contributed by atoms with E-state index in [1.807, 2.05) is 18.2 Å². The van der Waals surface area contributed by atoms with Gasteiger partial charge in [0.05, 0.1) is 6.61 Å². The molecule has 1 aliphatic rings. The second-order valence-corrected chi connectivity index (χ2v) is 5.90. The molecular formula is C17H23ClO3. The number of esters is 1. The minimum absolute atomic E-state index is 0.0464. The fourth-order valence-corrected chi connectivity index (χ4v) is 3.08.